The number of hydrogen-bond acceptors (Lipinski definition) is 3. The molecule has 0 aromatic heterocycles. The highest BCUT2D eigenvalue weighted by Gasteiger charge is 2.19. The number of carbonyl (C=O) groups excluding carboxylic acids is 1. The third-order valence-electron chi connectivity index (χ3n) is 4.81. The summed E-state index contributed by atoms with van der Waals surface area (Å²) in [5, 5.41) is 0.272. The molecule has 0 spiro atoms. The number of nitrogens with two attached hydrogens (primary N) is 1. The number of hydrogen-bond donors (Lipinski definition) is 1. The highest BCUT2D eigenvalue weighted by Crippen LogP contribution is 2.31. The summed E-state index contributed by atoms with van der Waals surface area (Å²) in [4.78, 5) is 12.0. The maximum absolute atomic E-state index is 12.0. The van der Waals surface area contributed by atoms with Gasteiger partial charge in [0.15, 0.2) is 0 Å². The molecule has 3 nitrogen and oxygen atoms in total. The molecule has 0 atom stereocenters. The summed E-state index contributed by atoms with van der Waals surface area (Å²) >= 11 is 6.27. The van der Waals surface area contributed by atoms with Crippen LogP contribution in [0.15, 0.2) is 6.07 Å². The Hall–Kier alpha value is -1.66. The summed E-state index contributed by atoms with van der Waals surface area (Å²) in [6.07, 6.45) is 16.1. The van der Waals surface area contributed by atoms with Crippen molar-refractivity contribution in [1.82, 2.24) is 0 Å². The Balaban J connectivity index is 2.46. The third-order valence-corrected chi connectivity index (χ3v) is 5.20. The predicted octanol–water partition coefficient (Wildman–Crippen LogP) is 6.40. The summed E-state index contributed by atoms with van der Waals surface area (Å²) in [6.45, 7) is 6.89. The van der Waals surface area contributed by atoms with Gasteiger partial charge >= 0.3 is 5.97 Å². The minimum Gasteiger partial charge on any atom is -0.465 e. The third kappa shape index (κ3) is 7.85. The first-order valence-electron chi connectivity index (χ1n) is 9.87. The van der Waals surface area contributed by atoms with E-state index in [1.165, 1.54) is 45.6 Å². The van der Waals surface area contributed by atoms with Crippen LogP contribution in [0.5, 0.6) is 0 Å². The molecular formula is C23H34ClNO2. The van der Waals surface area contributed by atoms with Crippen molar-refractivity contribution < 1.29 is 9.53 Å². The van der Waals surface area contributed by atoms with E-state index >= 15 is 0 Å². The van der Waals surface area contributed by atoms with Gasteiger partial charge in [-0.15, -0.1) is 6.42 Å². The van der Waals surface area contributed by atoms with Gasteiger partial charge in [0.05, 0.1) is 28.9 Å². The van der Waals surface area contributed by atoms with Crippen molar-refractivity contribution in [3.8, 4) is 12.3 Å². The van der Waals surface area contributed by atoms with Crippen molar-refractivity contribution in [3.63, 3.8) is 0 Å². The summed E-state index contributed by atoms with van der Waals surface area (Å²) in [6, 6.07) is 1.73. The first-order chi connectivity index (χ1) is 12.7. The second kappa shape index (κ2) is 11.2. The average molecular weight is 392 g/mol. The SMILES string of the molecule is C#Cc1c(C(=O)OC)cc(CCCCCCCCCC(C)(C)C)c(N)c1Cl. The van der Waals surface area contributed by atoms with Crippen molar-refractivity contribution in [2.45, 2.75) is 78.6 Å². The zero-order valence-electron chi connectivity index (χ0n) is 17.3. The van der Waals surface area contributed by atoms with Crippen LogP contribution in [0.2, 0.25) is 5.02 Å². The molecule has 4 heteroatoms. The van der Waals surface area contributed by atoms with Gasteiger partial charge < -0.3 is 10.5 Å². The molecule has 0 aliphatic heterocycles. The van der Waals surface area contributed by atoms with Crippen LogP contribution in [0.1, 0.15) is 93.6 Å². The van der Waals surface area contributed by atoms with E-state index in [4.69, 9.17) is 28.5 Å². The highest BCUT2D eigenvalue weighted by atomic mass is 35.5. The summed E-state index contributed by atoms with van der Waals surface area (Å²) in [7, 11) is 1.33. The van der Waals surface area contributed by atoms with Crippen LogP contribution < -0.4 is 5.73 Å². The van der Waals surface area contributed by atoms with Crippen molar-refractivity contribution in [2.24, 2.45) is 5.41 Å². The smallest absolute Gasteiger partial charge is 0.339 e. The molecule has 0 radical (unpaired) electrons. The van der Waals surface area contributed by atoms with E-state index < -0.39 is 5.97 Å². The van der Waals surface area contributed by atoms with E-state index in [9.17, 15) is 4.79 Å². The van der Waals surface area contributed by atoms with Crippen molar-refractivity contribution in [3.05, 3.63) is 27.8 Å². The van der Waals surface area contributed by atoms with E-state index in [2.05, 4.69) is 26.7 Å². The van der Waals surface area contributed by atoms with E-state index in [-0.39, 0.29) is 5.02 Å². The number of carbonyl (C=O) groups is 1. The number of anilines is 1. The maximum Gasteiger partial charge on any atom is 0.339 e. The lowest BCUT2D eigenvalue weighted by Gasteiger charge is -2.17. The number of benzene rings is 1. The lowest BCUT2D eigenvalue weighted by molar-refractivity contribution is 0.0600. The predicted molar refractivity (Wildman–Crippen MR) is 115 cm³/mol. The molecule has 0 bridgehead atoms. The molecule has 0 saturated carbocycles. The van der Waals surface area contributed by atoms with Gasteiger partial charge in [0, 0.05) is 0 Å². The number of methoxy groups -OCH3 is 1. The number of unbranched alkanes of at least 4 members (excludes halogenated alkanes) is 6. The lowest BCUT2D eigenvalue weighted by atomic mass is 9.89. The number of ether oxygens (including phenoxy) is 1. The Morgan fingerprint density at radius 2 is 1.70 bits per heavy atom. The monoisotopic (exact) mass is 391 g/mol. The molecule has 1 rings (SSSR count). The van der Waals surface area contributed by atoms with Crippen LogP contribution in [0, 0.1) is 17.8 Å². The molecule has 150 valence electrons. The van der Waals surface area contributed by atoms with Gasteiger partial charge in [-0.25, -0.2) is 4.79 Å². The van der Waals surface area contributed by atoms with Gasteiger partial charge in [0.25, 0.3) is 0 Å². The molecular weight excluding hydrogens is 358 g/mol. The summed E-state index contributed by atoms with van der Waals surface area (Å²) in [5.74, 6) is 1.96. The van der Waals surface area contributed by atoms with Crippen LogP contribution in [0.4, 0.5) is 5.69 Å². The average Bonchev–Trinajstić information content (AvgIpc) is 2.61. The van der Waals surface area contributed by atoms with Gasteiger partial charge in [-0.2, -0.15) is 0 Å². The number of nitrogen functional groups attached to an aromatic ring is 1. The second-order valence-corrected chi connectivity index (χ2v) is 8.74. The fraction of sp³-hybridized carbons (Fsp3) is 0.609. The number of rotatable bonds is 10. The van der Waals surface area contributed by atoms with Crippen molar-refractivity contribution >= 4 is 23.3 Å². The summed E-state index contributed by atoms with van der Waals surface area (Å²) < 4.78 is 4.81. The van der Waals surface area contributed by atoms with E-state index in [1.54, 1.807) is 6.07 Å². The molecule has 1 aromatic rings. The van der Waals surface area contributed by atoms with E-state index in [0.29, 0.717) is 22.2 Å². The molecule has 0 heterocycles. The van der Waals surface area contributed by atoms with Crippen LogP contribution in [-0.4, -0.2) is 13.1 Å². The zero-order valence-corrected chi connectivity index (χ0v) is 18.0. The van der Waals surface area contributed by atoms with Gasteiger partial charge in [0.1, 0.15) is 0 Å². The van der Waals surface area contributed by atoms with Crippen LogP contribution >= 0.6 is 11.6 Å². The fourth-order valence-electron chi connectivity index (χ4n) is 3.19. The number of terminal acetylenes is 1. The molecule has 1 aromatic carbocycles. The Kier molecular flexibility index (Phi) is 9.74. The van der Waals surface area contributed by atoms with Crippen molar-refractivity contribution in [1.29, 1.82) is 0 Å². The number of halogens is 1. The van der Waals surface area contributed by atoms with Gasteiger partial charge in [-0.05, 0) is 36.3 Å². The second-order valence-electron chi connectivity index (χ2n) is 8.36. The Labute approximate surface area is 170 Å². The maximum atomic E-state index is 12.0. The highest BCUT2D eigenvalue weighted by molar-refractivity contribution is 6.35. The molecule has 0 aliphatic rings. The largest absolute Gasteiger partial charge is 0.465 e. The molecule has 0 amide bonds. The molecule has 0 fully saturated rings. The Morgan fingerprint density at radius 1 is 1.15 bits per heavy atom. The van der Waals surface area contributed by atoms with Crippen LogP contribution in [0.3, 0.4) is 0 Å². The van der Waals surface area contributed by atoms with Crippen LogP contribution in [-0.2, 0) is 11.2 Å². The molecule has 2 N–H and O–H groups in total. The molecule has 0 saturated heterocycles. The topological polar surface area (TPSA) is 52.3 Å². The Bertz CT molecular complexity index is 668. The number of esters is 1. The van der Waals surface area contributed by atoms with Gasteiger partial charge in [-0.3, -0.25) is 0 Å². The lowest BCUT2D eigenvalue weighted by Crippen LogP contribution is -2.08. The van der Waals surface area contributed by atoms with Crippen molar-refractivity contribution in [2.75, 3.05) is 12.8 Å². The molecule has 0 aliphatic carbocycles. The van der Waals surface area contributed by atoms with Gasteiger partial charge in [-0.1, -0.05) is 76.8 Å². The first kappa shape index (κ1) is 23.4. The normalized spacial score (nSPS) is 11.3. The van der Waals surface area contributed by atoms with Gasteiger partial charge in [0.2, 0.25) is 0 Å². The van der Waals surface area contributed by atoms with E-state index in [1.807, 2.05) is 0 Å². The number of aryl methyl sites for hydroxylation is 1. The molecule has 27 heavy (non-hydrogen) atoms. The molecule has 0 unspecified atom stereocenters. The standard InChI is InChI=1S/C23H34ClNO2/c1-6-18-19(22(26)27-5)16-17(21(25)20(18)24)14-12-10-8-7-9-11-13-15-23(2,3)4/h1,16H,7-15,25H2,2-5H3. The fourth-order valence-corrected chi connectivity index (χ4v) is 3.47. The van der Waals surface area contributed by atoms with E-state index in [0.717, 1.165) is 24.8 Å². The first-order valence-corrected chi connectivity index (χ1v) is 10.2. The zero-order chi connectivity index (χ0) is 20.4. The minimum absolute atomic E-state index is 0.272. The van der Waals surface area contributed by atoms with Crippen LogP contribution in [0.25, 0.3) is 0 Å². The summed E-state index contributed by atoms with van der Waals surface area (Å²) in [5.41, 5.74) is 8.52. The Morgan fingerprint density at radius 3 is 2.22 bits per heavy atom. The minimum atomic E-state index is -0.485. The quantitative estimate of drug-likeness (QED) is 0.217.